The van der Waals surface area contributed by atoms with Crippen molar-refractivity contribution < 1.29 is 4.74 Å². The molecule has 8 rings (SSSR count). The van der Waals surface area contributed by atoms with E-state index in [0.29, 0.717) is 17.5 Å². The zero-order valence-electron chi connectivity index (χ0n) is 25.7. The Morgan fingerprint density at radius 1 is 0.391 bits per heavy atom. The number of benzene rings is 6. The lowest BCUT2D eigenvalue weighted by Gasteiger charge is -2.35. The molecule has 0 N–H and O–H groups in total. The van der Waals surface area contributed by atoms with Gasteiger partial charge in [-0.25, -0.2) is 15.0 Å². The van der Waals surface area contributed by atoms with Crippen LogP contribution in [0.3, 0.4) is 0 Å². The summed E-state index contributed by atoms with van der Waals surface area (Å²) >= 11 is 0. The molecule has 7 aromatic rings. The van der Waals surface area contributed by atoms with Crippen LogP contribution < -0.4 is 4.74 Å². The van der Waals surface area contributed by atoms with E-state index in [9.17, 15) is 0 Å². The van der Waals surface area contributed by atoms with Gasteiger partial charge < -0.3 is 4.74 Å². The van der Waals surface area contributed by atoms with Gasteiger partial charge in [-0.3, -0.25) is 0 Å². The summed E-state index contributed by atoms with van der Waals surface area (Å²) in [5.74, 6) is 2.76. The topological polar surface area (TPSA) is 47.9 Å². The Balaban J connectivity index is 1.34. The number of hydrogen-bond acceptors (Lipinski definition) is 4. The number of hydrogen-bond donors (Lipinski definition) is 0. The number of para-hydroxylation sites is 1. The molecule has 0 fully saturated rings. The molecule has 0 bridgehead atoms. The molecule has 0 spiro atoms. The van der Waals surface area contributed by atoms with Gasteiger partial charge in [0.05, 0.1) is 0 Å². The second-order valence-electron chi connectivity index (χ2n) is 12.1. The van der Waals surface area contributed by atoms with Crippen molar-refractivity contribution in [2.75, 3.05) is 0 Å². The minimum absolute atomic E-state index is 0.465. The number of nitrogens with zero attached hydrogens (tertiary/aromatic N) is 3. The van der Waals surface area contributed by atoms with E-state index >= 15 is 0 Å². The fourth-order valence-corrected chi connectivity index (χ4v) is 6.24. The first-order valence-corrected chi connectivity index (χ1v) is 15.5. The maximum Gasteiger partial charge on any atom is 0.164 e. The first-order chi connectivity index (χ1) is 22.5. The average molecular weight is 594 g/mol. The van der Waals surface area contributed by atoms with E-state index in [1.54, 1.807) is 0 Å². The van der Waals surface area contributed by atoms with Gasteiger partial charge in [-0.15, -0.1) is 0 Å². The third-order valence-electron chi connectivity index (χ3n) is 8.54. The van der Waals surface area contributed by atoms with Gasteiger partial charge in [0.2, 0.25) is 0 Å². The van der Waals surface area contributed by atoms with Crippen molar-refractivity contribution in [2.24, 2.45) is 0 Å². The molecule has 0 amide bonds. The Morgan fingerprint density at radius 3 is 1.48 bits per heavy atom. The molecule has 0 unspecified atom stereocenters. The molecule has 4 nitrogen and oxygen atoms in total. The molecule has 0 atom stereocenters. The highest BCUT2D eigenvalue weighted by molar-refractivity contribution is 5.82. The van der Waals surface area contributed by atoms with E-state index in [1.165, 1.54) is 0 Å². The molecule has 6 aromatic carbocycles. The second-order valence-corrected chi connectivity index (χ2v) is 12.1. The van der Waals surface area contributed by atoms with E-state index < -0.39 is 5.60 Å². The summed E-state index contributed by atoms with van der Waals surface area (Å²) in [6.45, 7) is 4.22. The Bertz CT molecular complexity index is 2140. The lowest BCUT2D eigenvalue weighted by Crippen LogP contribution is -2.29. The fourth-order valence-electron chi connectivity index (χ4n) is 6.24. The van der Waals surface area contributed by atoms with Gasteiger partial charge in [0.15, 0.2) is 17.5 Å². The van der Waals surface area contributed by atoms with Gasteiger partial charge in [-0.05, 0) is 72.0 Å². The van der Waals surface area contributed by atoms with Crippen LogP contribution in [0.5, 0.6) is 5.75 Å². The first kappa shape index (κ1) is 27.7. The lowest BCUT2D eigenvalue weighted by atomic mass is 9.85. The molecule has 0 aliphatic carbocycles. The highest BCUT2D eigenvalue weighted by Gasteiger charge is 2.32. The molecule has 4 heteroatoms. The molecule has 1 aliphatic rings. The zero-order valence-corrected chi connectivity index (χ0v) is 25.7. The van der Waals surface area contributed by atoms with Gasteiger partial charge in [-0.2, -0.15) is 0 Å². The minimum atomic E-state index is -0.465. The lowest BCUT2D eigenvalue weighted by molar-refractivity contribution is 0.106. The van der Waals surface area contributed by atoms with Crippen LogP contribution in [0, 0.1) is 0 Å². The molecule has 1 aromatic heterocycles. The summed E-state index contributed by atoms with van der Waals surface area (Å²) in [7, 11) is 0. The van der Waals surface area contributed by atoms with Crippen LogP contribution in [-0.2, 0) is 5.60 Å². The second kappa shape index (κ2) is 11.2. The number of aromatic nitrogens is 3. The fraction of sp³-hybridized carbons (Fsp3) is 0.0714. The normalized spacial score (nSPS) is 12.9. The van der Waals surface area contributed by atoms with Crippen LogP contribution in [0.15, 0.2) is 152 Å². The third kappa shape index (κ3) is 5.14. The van der Waals surface area contributed by atoms with Gasteiger partial charge >= 0.3 is 0 Å². The van der Waals surface area contributed by atoms with Crippen LogP contribution in [-0.4, -0.2) is 15.0 Å². The van der Waals surface area contributed by atoms with Crippen molar-refractivity contribution in [1.82, 2.24) is 15.0 Å². The number of fused-ring (bicyclic) bond motifs is 3. The van der Waals surface area contributed by atoms with Crippen LogP contribution in [0.1, 0.15) is 19.4 Å². The first-order valence-electron chi connectivity index (χ1n) is 15.5. The molecular weight excluding hydrogens is 562 g/mol. The molecule has 0 saturated heterocycles. The summed E-state index contributed by atoms with van der Waals surface area (Å²) in [5, 5.41) is 0. The van der Waals surface area contributed by atoms with Gasteiger partial charge in [-0.1, -0.05) is 121 Å². The molecule has 2 heterocycles. The van der Waals surface area contributed by atoms with E-state index in [2.05, 4.69) is 111 Å². The summed E-state index contributed by atoms with van der Waals surface area (Å²) in [6.07, 6.45) is 0. The third-order valence-corrected chi connectivity index (χ3v) is 8.54. The van der Waals surface area contributed by atoms with E-state index in [0.717, 1.165) is 61.4 Å². The predicted molar refractivity (Wildman–Crippen MR) is 186 cm³/mol. The van der Waals surface area contributed by atoms with Crippen LogP contribution >= 0.6 is 0 Å². The number of rotatable bonds is 5. The highest BCUT2D eigenvalue weighted by Crippen LogP contribution is 2.46. The monoisotopic (exact) mass is 593 g/mol. The Kier molecular flexibility index (Phi) is 6.76. The van der Waals surface area contributed by atoms with Gasteiger partial charge in [0.25, 0.3) is 0 Å². The zero-order chi connectivity index (χ0) is 31.1. The summed E-state index contributed by atoms with van der Waals surface area (Å²) in [6, 6.07) is 52.3. The number of ether oxygens (including phenoxy) is 1. The summed E-state index contributed by atoms with van der Waals surface area (Å²) in [4.78, 5) is 15.3. The van der Waals surface area contributed by atoms with Crippen molar-refractivity contribution >= 4 is 0 Å². The van der Waals surface area contributed by atoms with Crippen molar-refractivity contribution in [3.05, 3.63) is 157 Å². The molecule has 0 saturated carbocycles. The molecule has 1 aliphatic heterocycles. The highest BCUT2D eigenvalue weighted by atomic mass is 16.5. The smallest absolute Gasteiger partial charge is 0.164 e. The Labute approximate surface area is 269 Å². The van der Waals surface area contributed by atoms with E-state index in [4.69, 9.17) is 19.7 Å². The van der Waals surface area contributed by atoms with E-state index in [-0.39, 0.29) is 0 Å². The van der Waals surface area contributed by atoms with Crippen molar-refractivity contribution in [1.29, 1.82) is 0 Å². The van der Waals surface area contributed by atoms with Gasteiger partial charge in [0, 0.05) is 27.8 Å². The largest absolute Gasteiger partial charge is 0.482 e. The molecule has 46 heavy (non-hydrogen) atoms. The average Bonchev–Trinajstić information content (AvgIpc) is 3.12. The van der Waals surface area contributed by atoms with E-state index in [1.807, 2.05) is 54.6 Å². The Hall–Kier alpha value is -5.87. The summed E-state index contributed by atoms with van der Waals surface area (Å²) in [5.41, 5.74) is 10.1. The standard InChI is InChI=1S/C42H31N3O/c1-42(2)37-23-22-31(27-36(37)35-20-12-13-21-38(35)46-42)40-43-39(30-18-10-5-11-19-30)44-41(45-40)34-25-32(28-14-6-3-7-15-28)24-33(26-34)29-16-8-4-9-17-29/h3-27H,1-2H3. The van der Waals surface area contributed by atoms with Crippen LogP contribution in [0.2, 0.25) is 0 Å². The molecule has 220 valence electrons. The van der Waals surface area contributed by atoms with Crippen LogP contribution in [0.25, 0.3) is 67.5 Å². The maximum absolute atomic E-state index is 6.40. The maximum atomic E-state index is 6.40. The van der Waals surface area contributed by atoms with Crippen molar-refractivity contribution in [3.63, 3.8) is 0 Å². The van der Waals surface area contributed by atoms with Crippen LogP contribution in [0.4, 0.5) is 0 Å². The quantitative estimate of drug-likeness (QED) is 0.199. The van der Waals surface area contributed by atoms with Crippen molar-refractivity contribution in [2.45, 2.75) is 19.4 Å². The SMILES string of the molecule is CC1(C)Oc2ccccc2-c2cc(-c3nc(-c4ccccc4)nc(-c4cc(-c5ccccc5)cc(-c5ccccc5)c4)n3)ccc21. The Morgan fingerprint density at radius 2 is 0.870 bits per heavy atom. The van der Waals surface area contributed by atoms with Gasteiger partial charge in [0.1, 0.15) is 11.4 Å². The minimum Gasteiger partial charge on any atom is -0.482 e. The predicted octanol–water partition coefficient (Wildman–Crippen LogP) is 10.5. The van der Waals surface area contributed by atoms with Crippen molar-refractivity contribution in [3.8, 4) is 73.3 Å². The molecular formula is C42H31N3O. The summed E-state index contributed by atoms with van der Waals surface area (Å²) < 4.78 is 6.40. The molecule has 0 radical (unpaired) electrons.